The predicted molar refractivity (Wildman–Crippen MR) is 72.9 cm³/mol. The largest absolute Gasteiger partial charge is 0.506 e. The van der Waals surface area contributed by atoms with E-state index in [-0.39, 0.29) is 16.7 Å². The first-order valence-electron chi connectivity index (χ1n) is 6.10. The molecule has 0 atom stereocenters. The number of allylic oxidation sites excluding steroid dienone is 1. The summed E-state index contributed by atoms with van der Waals surface area (Å²) in [5, 5.41) is 19.2. The lowest BCUT2D eigenvalue weighted by molar-refractivity contribution is -0.137. The van der Waals surface area contributed by atoms with Crippen molar-refractivity contribution in [3.63, 3.8) is 0 Å². The van der Waals surface area contributed by atoms with Gasteiger partial charge in [0.25, 0.3) is 0 Å². The van der Waals surface area contributed by atoms with Crippen molar-refractivity contribution in [1.29, 1.82) is 5.26 Å². The van der Waals surface area contributed by atoms with Gasteiger partial charge in [0, 0.05) is 5.56 Å². The molecule has 2 aromatic carbocycles. The second kappa shape index (κ2) is 5.90. The Morgan fingerprint density at radius 1 is 0.909 bits per heavy atom. The molecule has 0 saturated heterocycles. The Kier molecular flexibility index (Phi) is 4.18. The Balaban J connectivity index is 2.45. The quantitative estimate of drug-likeness (QED) is 0.375. The van der Waals surface area contributed by atoms with Crippen LogP contribution in [0.4, 0.5) is 17.6 Å². The van der Waals surface area contributed by atoms with Crippen LogP contribution in [-0.4, -0.2) is 5.11 Å². The predicted octanol–water partition coefficient (Wildman–Crippen LogP) is 4.79. The van der Waals surface area contributed by atoms with Crippen molar-refractivity contribution in [1.82, 2.24) is 0 Å². The summed E-state index contributed by atoms with van der Waals surface area (Å²) in [5.74, 6) is -0.938. The van der Waals surface area contributed by atoms with Gasteiger partial charge >= 0.3 is 6.18 Å². The first-order valence-corrected chi connectivity index (χ1v) is 6.10. The molecule has 0 heterocycles. The molecule has 112 valence electrons. The fraction of sp³-hybridized carbons (Fsp3) is 0.0625. The molecule has 0 spiro atoms. The average Bonchev–Trinajstić information content (AvgIpc) is 2.48. The Morgan fingerprint density at radius 2 is 1.41 bits per heavy atom. The van der Waals surface area contributed by atoms with Crippen LogP contribution in [0.15, 0.2) is 48.5 Å². The fourth-order valence-corrected chi connectivity index (χ4v) is 1.83. The molecule has 0 aromatic heterocycles. The highest BCUT2D eigenvalue weighted by atomic mass is 19.4. The molecule has 2 aromatic rings. The van der Waals surface area contributed by atoms with Crippen LogP contribution >= 0.6 is 0 Å². The van der Waals surface area contributed by atoms with Crippen molar-refractivity contribution < 1.29 is 22.7 Å². The molecule has 0 fully saturated rings. The zero-order valence-electron chi connectivity index (χ0n) is 11.0. The lowest BCUT2D eigenvalue weighted by Crippen LogP contribution is -2.04. The van der Waals surface area contributed by atoms with Crippen LogP contribution in [-0.2, 0) is 6.18 Å². The summed E-state index contributed by atoms with van der Waals surface area (Å²) in [6, 6.07) is 10.3. The maximum absolute atomic E-state index is 12.8. The van der Waals surface area contributed by atoms with Gasteiger partial charge < -0.3 is 5.11 Å². The van der Waals surface area contributed by atoms with E-state index in [4.69, 9.17) is 5.26 Å². The lowest BCUT2D eigenvalue weighted by atomic mass is 10.0. The summed E-state index contributed by atoms with van der Waals surface area (Å²) in [7, 11) is 0. The Bertz CT molecular complexity index is 738. The molecule has 0 saturated carbocycles. The van der Waals surface area contributed by atoms with Crippen molar-refractivity contribution in [3.05, 3.63) is 71.0 Å². The van der Waals surface area contributed by atoms with Crippen molar-refractivity contribution in [2.75, 3.05) is 0 Å². The van der Waals surface area contributed by atoms with Gasteiger partial charge in [-0.3, -0.25) is 0 Å². The third-order valence-electron chi connectivity index (χ3n) is 2.97. The van der Waals surface area contributed by atoms with Crippen LogP contribution in [0.5, 0.6) is 0 Å². The molecule has 2 nitrogen and oxygen atoms in total. The van der Waals surface area contributed by atoms with Crippen molar-refractivity contribution in [2.24, 2.45) is 0 Å². The summed E-state index contributed by atoms with van der Waals surface area (Å²) in [4.78, 5) is 0. The van der Waals surface area contributed by atoms with Gasteiger partial charge in [-0.2, -0.15) is 18.4 Å². The second-order valence-electron chi connectivity index (χ2n) is 4.42. The number of aliphatic hydroxyl groups excluding tert-OH is 1. The monoisotopic (exact) mass is 307 g/mol. The molecule has 22 heavy (non-hydrogen) atoms. The highest BCUT2D eigenvalue weighted by Gasteiger charge is 2.30. The number of halogens is 4. The number of aliphatic hydroxyl groups is 1. The molecule has 0 aliphatic carbocycles. The number of rotatable bonds is 2. The van der Waals surface area contributed by atoms with E-state index in [9.17, 15) is 22.7 Å². The van der Waals surface area contributed by atoms with Crippen molar-refractivity contribution >= 4 is 11.3 Å². The van der Waals surface area contributed by atoms with Crippen LogP contribution in [0.3, 0.4) is 0 Å². The van der Waals surface area contributed by atoms with Gasteiger partial charge in [-0.15, -0.1) is 0 Å². The number of nitriles is 1. The molecule has 1 N–H and O–H groups in total. The molecular formula is C16H9F4NO. The van der Waals surface area contributed by atoms with Gasteiger partial charge in [0.05, 0.1) is 5.56 Å². The SMILES string of the molecule is N#C/C(=C(\O)c1ccc(F)cc1)c1ccc(C(F)(F)F)cc1. The van der Waals surface area contributed by atoms with E-state index in [0.29, 0.717) is 0 Å². The van der Waals surface area contributed by atoms with Crippen LogP contribution in [0.25, 0.3) is 11.3 Å². The van der Waals surface area contributed by atoms with Gasteiger partial charge in [-0.25, -0.2) is 4.39 Å². The third-order valence-corrected chi connectivity index (χ3v) is 2.97. The zero-order valence-corrected chi connectivity index (χ0v) is 11.0. The maximum Gasteiger partial charge on any atom is 0.416 e. The average molecular weight is 307 g/mol. The third kappa shape index (κ3) is 3.26. The molecule has 2 rings (SSSR count). The van der Waals surface area contributed by atoms with Crippen LogP contribution in [0, 0.1) is 17.1 Å². The van der Waals surface area contributed by atoms with Gasteiger partial charge in [-0.05, 0) is 42.0 Å². The van der Waals surface area contributed by atoms with Gasteiger partial charge in [0.15, 0.2) is 0 Å². The van der Waals surface area contributed by atoms with Gasteiger partial charge in [-0.1, -0.05) is 12.1 Å². The van der Waals surface area contributed by atoms with Crippen LogP contribution < -0.4 is 0 Å². The van der Waals surface area contributed by atoms with Crippen molar-refractivity contribution in [3.8, 4) is 6.07 Å². The van der Waals surface area contributed by atoms with E-state index in [1.807, 2.05) is 0 Å². The summed E-state index contributed by atoms with van der Waals surface area (Å²) in [5.41, 5.74) is -0.717. The standard InChI is InChI=1S/C16H9F4NO/c17-13-7-3-11(4-8-13)15(22)14(9-21)10-1-5-12(6-2-10)16(18,19)20/h1-8,22H/b15-14+. The molecule has 0 bridgehead atoms. The Morgan fingerprint density at radius 3 is 1.86 bits per heavy atom. The minimum atomic E-state index is -4.48. The number of hydrogen-bond donors (Lipinski definition) is 1. The minimum Gasteiger partial charge on any atom is -0.506 e. The smallest absolute Gasteiger partial charge is 0.416 e. The summed E-state index contributed by atoms with van der Waals surface area (Å²) in [6.07, 6.45) is -4.48. The number of benzene rings is 2. The topological polar surface area (TPSA) is 44.0 Å². The normalized spacial score (nSPS) is 12.5. The van der Waals surface area contributed by atoms with E-state index < -0.39 is 23.3 Å². The van der Waals surface area contributed by atoms with Crippen LogP contribution in [0.1, 0.15) is 16.7 Å². The Hall–Kier alpha value is -2.81. The van der Waals surface area contributed by atoms with E-state index in [2.05, 4.69) is 0 Å². The minimum absolute atomic E-state index is 0.136. The van der Waals surface area contributed by atoms with E-state index in [1.165, 1.54) is 12.1 Å². The first kappa shape index (κ1) is 15.6. The van der Waals surface area contributed by atoms with Gasteiger partial charge in [0.1, 0.15) is 23.2 Å². The molecule has 0 aliphatic heterocycles. The number of hydrogen-bond acceptors (Lipinski definition) is 2. The number of alkyl halides is 3. The fourth-order valence-electron chi connectivity index (χ4n) is 1.83. The lowest BCUT2D eigenvalue weighted by Gasteiger charge is -2.08. The number of nitrogens with zero attached hydrogens (tertiary/aromatic N) is 1. The molecule has 0 unspecified atom stereocenters. The molecule has 0 radical (unpaired) electrons. The molecule has 0 aliphatic rings. The molecule has 0 amide bonds. The molecular weight excluding hydrogens is 298 g/mol. The first-order chi connectivity index (χ1) is 10.3. The summed E-state index contributed by atoms with van der Waals surface area (Å²) >= 11 is 0. The highest BCUT2D eigenvalue weighted by molar-refractivity contribution is 5.94. The highest BCUT2D eigenvalue weighted by Crippen LogP contribution is 2.31. The van der Waals surface area contributed by atoms with Crippen LogP contribution in [0.2, 0.25) is 0 Å². The van der Waals surface area contributed by atoms with E-state index in [0.717, 1.165) is 36.4 Å². The second-order valence-corrected chi connectivity index (χ2v) is 4.42. The zero-order chi connectivity index (χ0) is 16.3. The van der Waals surface area contributed by atoms with E-state index in [1.54, 1.807) is 6.07 Å². The van der Waals surface area contributed by atoms with Gasteiger partial charge in [0.2, 0.25) is 0 Å². The van der Waals surface area contributed by atoms with Crippen molar-refractivity contribution in [2.45, 2.75) is 6.18 Å². The summed E-state index contributed by atoms with van der Waals surface area (Å²) in [6.45, 7) is 0. The summed E-state index contributed by atoms with van der Waals surface area (Å²) < 4.78 is 50.3. The Labute approximate surface area is 123 Å². The van der Waals surface area contributed by atoms with E-state index >= 15 is 0 Å². The molecule has 6 heteroatoms. The maximum atomic E-state index is 12.8.